The van der Waals surface area contributed by atoms with E-state index in [1.54, 1.807) is 20.8 Å². The summed E-state index contributed by atoms with van der Waals surface area (Å²) < 4.78 is 5.96. The van der Waals surface area contributed by atoms with Crippen LogP contribution >= 0.6 is 11.3 Å². The normalized spacial score (nSPS) is 10.8. The van der Waals surface area contributed by atoms with E-state index in [-0.39, 0.29) is 11.4 Å². The lowest BCUT2D eigenvalue weighted by Crippen LogP contribution is -2.32. The fraction of sp³-hybridized carbons (Fsp3) is 0.333. The van der Waals surface area contributed by atoms with Crippen molar-refractivity contribution in [3.05, 3.63) is 33.4 Å². The molecular formula is C15H16N2O3S. The molecule has 0 saturated carbocycles. The molecule has 0 bridgehead atoms. The highest BCUT2D eigenvalue weighted by Gasteiger charge is 2.14. The van der Waals surface area contributed by atoms with Gasteiger partial charge in [0.25, 0.3) is 0 Å². The van der Waals surface area contributed by atoms with E-state index in [0.29, 0.717) is 0 Å². The number of aromatic amines is 1. The van der Waals surface area contributed by atoms with E-state index in [1.807, 2.05) is 18.2 Å². The SMILES string of the molecule is CC(C)(C)OC(=O)NCC#Cc1ccc2[nH]c(=O)sc2c1. The van der Waals surface area contributed by atoms with Crippen molar-refractivity contribution in [2.24, 2.45) is 0 Å². The first-order valence-electron chi connectivity index (χ1n) is 6.42. The lowest BCUT2D eigenvalue weighted by atomic mass is 10.2. The van der Waals surface area contributed by atoms with Gasteiger partial charge in [0.15, 0.2) is 0 Å². The average Bonchev–Trinajstić information content (AvgIpc) is 2.71. The summed E-state index contributed by atoms with van der Waals surface area (Å²) in [6, 6.07) is 5.49. The second-order valence-corrected chi connectivity index (χ2v) is 6.40. The molecule has 2 N–H and O–H groups in total. The van der Waals surface area contributed by atoms with Crippen LogP contribution in [0.3, 0.4) is 0 Å². The van der Waals surface area contributed by atoms with Crippen LogP contribution in [0.2, 0.25) is 0 Å². The Morgan fingerprint density at radius 3 is 2.90 bits per heavy atom. The maximum absolute atomic E-state index is 11.4. The van der Waals surface area contributed by atoms with Crippen LogP contribution in [-0.2, 0) is 4.74 Å². The summed E-state index contributed by atoms with van der Waals surface area (Å²) in [7, 11) is 0. The van der Waals surface area contributed by atoms with Gasteiger partial charge in [0.1, 0.15) is 5.60 Å². The molecular weight excluding hydrogens is 288 g/mol. The van der Waals surface area contributed by atoms with Crippen LogP contribution in [-0.4, -0.2) is 23.2 Å². The van der Waals surface area contributed by atoms with E-state index in [0.717, 1.165) is 27.1 Å². The van der Waals surface area contributed by atoms with Crippen LogP contribution in [0.5, 0.6) is 0 Å². The largest absolute Gasteiger partial charge is 0.444 e. The van der Waals surface area contributed by atoms with Crippen molar-refractivity contribution < 1.29 is 9.53 Å². The fourth-order valence-electron chi connectivity index (χ4n) is 1.60. The van der Waals surface area contributed by atoms with E-state index >= 15 is 0 Å². The summed E-state index contributed by atoms with van der Waals surface area (Å²) in [4.78, 5) is 25.3. The molecule has 1 heterocycles. The van der Waals surface area contributed by atoms with Crippen molar-refractivity contribution in [2.75, 3.05) is 6.54 Å². The minimum absolute atomic E-state index is 0.0818. The van der Waals surface area contributed by atoms with Crippen molar-refractivity contribution in [3.63, 3.8) is 0 Å². The van der Waals surface area contributed by atoms with E-state index < -0.39 is 11.7 Å². The highest BCUT2D eigenvalue weighted by atomic mass is 32.1. The molecule has 5 nitrogen and oxygen atoms in total. The molecule has 21 heavy (non-hydrogen) atoms. The van der Waals surface area contributed by atoms with Crippen molar-refractivity contribution in [1.82, 2.24) is 10.3 Å². The third-order valence-corrected chi connectivity index (χ3v) is 3.22. The number of rotatable bonds is 1. The summed E-state index contributed by atoms with van der Waals surface area (Å²) in [6.45, 7) is 5.61. The monoisotopic (exact) mass is 304 g/mol. The quantitative estimate of drug-likeness (QED) is 0.795. The molecule has 0 fully saturated rings. The average molecular weight is 304 g/mol. The van der Waals surface area contributed by atoms with Gasteiger partial charge in [0.2, 0.25) is 0 Å². The summed E-state index contributed by atoms with van der Waals surface area (Å²) in [5, 5.41) is 2.56. The Kier molecular flexibility index (Phi) is 4.34. The molecule has 0 atom stereocenters. The van der Waals surface area contributed by atoms with Gasteiger partial charge < -0.3 is 15.0 Å². The van der Waals surface area contributed by atoms with Gasteiger partial charge >= 0.3 is 11.0 Å². The zero-order chi connectivity index (χ0) is 15.5. The number of H-pyrrole nitrogens is 1. The van der Waals surface area contributed by atoms with Crippen LogP contribution in [0, 0.1) is 11.8 Å². The van der Waals surface area contributed by atoms with Gasteiger partial charge in [-0.2, -0.15) is 0 Å². The van der Waals surface area contributed by atoms with E-state index in [4.69, 9.17) is 4.74 Å². The van der Waals surface area contributed by atoms with Gasteiger partial charge in [0, 0.05) is 5.56 Å². The number of fused-ring (bicyclic) bond motifs is 1. The minimum Gasteiger partial charge on any atom is -0.444 e. The van der Waals surface area contributed by atoms with Crippen LogP contribution in [0.15, 0.2) is 23.0 Å². The van der Waals surface area contributed by atoms with Gasteiger partial charge in [-0.25, -0.2) is 4.79 Å². The summed E-state index contributed by atoms with van der Waals surface area (Å²) >= 11 is 1.15. The molecule has 110 valence electrons. The summed E-state index contributed by atoms with van der Waals surface area (Å²) in [6.07, 6.45) is -0.490. The van der Waals surface area contributed by atoms with Gasteiger partial charge in [-0.1, -0.05) is 23.2 Å². The molecule has 0 radical (unpaired) electrons. The second-order valence-electron chi connectivity index (χ2n) is 5.38. The molecule has 1 aromatic heterocycles. The minimum atomic E-state index is -0.520. The number of thiazole rings is 1. The lowest BCUT2D eigenvalue weighted by Gasteiger charge is -2.18. The van der Waals surface area contributed by atoms with Crippen molar-refractivity contribution in [3.8, 4) is 11.8 Å². The Morgan fingerprint density at radius 2 is 2.19 bits per heavy atom. The number of alkyl carbamates (subject to hydrolysis) is 1. The Balaban J connectivity index is 1.95. The zero-order valence-corrected chi connectivity index (χ0v) is 12.9. The summed E-state index contributed by atoms with van der Waals surface area (Å²) in [5.41, 5.74) is 1.08. The topological polar surface area (TPSA) is 71.2 Å². The number of nitrogens with one attached hydrogen (secondary N) is 2. The van der Waals surface area contributed by atoms with Crippen LogP contribution in [0.25, 0.3) is 10.2 Å². The smallest absolute Gasteiger partial charge is 0.408 e. The molecule has 1 aromatic carbocycles. The maximum atomic E-state index is 11.4. The highest BCUT2D eigenvalue weighted by Crippen LogP contribution is 2.15. The maximum Gasteiger partial charge on any atom is 0.408 e. The number of hydrogen-bond donors (Lipinski definition) is 2. The number of hydrogen-bond acceptors (Lipinski definition) is 4. The number of aromatic nitrogens is 1. The van der Waals surface area contributed by atoms with Crippen LogP contribution in [0.4, 0.5) is 4.79 Å². The number of carbonyl (C=O) groups is 1. The Bertz CT molecular complexity index is 772. The first-order chi connectivity index (χ1) is 9.83. The van der Waals surface area contributed by atoms with Crippen molar-refractivity contribution in [2.45, 2.75) is 26.4 Å². The summed E-state index contributed by atoms with van der Waals surface area (Å²) in [5.74, 6) is 5.78. The second kappa shape index (κ2) is 6.02. The van der Waals surface area contributed by atoms with Gasteiger partial charge in [-0.15, -0.1) is 0 Å². The number of ether oxygens (including phenoxy) is 1. The molecule has 0 aliphatic rings. The predicted molar refractivity (Wildman–Crippen MR) is 83.6 cm³/mol. The van der Waals surface area contributed by atoms with E-state index in [1.165, 1.54) is 0 Å². The molecule has 0 aliphatic carbocycles. The third kappa shape index (κ3) is 4.65. The first-order valence-corrected chi connectivity index (χ1v) is 7.24. The Morgan fingerprint density at radius 1 is 1.43 bits per heavy atom. The van der Waals surface area contributed by atoms with Gasteiger partial charge in [-0.3, -0.25) is 4.79 Å². The molecule has 2 rings (SSSR count). The molecule has 0 spiro atoms. The highest BCUT2D eigenvalue weighted by molar-refractivity contribution is 7.16. The van der Waals surface area contributed by atoms with Crippen LogP contribution < -0.4 is 10.2 Å². The number of carbonyl (C=O) groups excluding carboxylic acids is 1. The van der Waals surface area contributed by atoms with Gasteiger partial charge in [0.05, 0.1) is 16.8 Å². The first kappa shape index (κ1) is 15.1. The molecule has 0 aliphatic heterocycles. The van der Waals surface area contributed by atoms with E-state index in [2.05, 4.69) is 22.1 Å². The van der Waals surface area contributed by atoms with E-state index in [9.17, 15) is 9.59 Å². The molecule has 1 amide bonds. The standard InChI is InChI=1S/C15H16N2O3S/c1-15(2,3)20-13(18)16-8-4-5-10-6-7-11-12(9-10)21-14(19)17-11/h6-7,9H,8H2,1-3H3,(H,16,18)(H,17,19). The fourth-order valence-corrected chi connectivity index (χ4v) is 2.38. The van der Waals surface area contributed by atoms with Crippen LogP contribution in [0.1, 0.15) is 26.3 Å². The Hall–Kier alpha value is -2.26. The van der Waals surface area contributed by atoms with Crippen molar-refractivity contribution in [1.29, 1.82) is 0 Å². The lowest BCUT2D eigenvalue weighted by molar-refractivity contribution is 0.0535. The van der Waals surface area contributed by atoms with Crippen molar-refractivity contribution >= 4 is 27.6 Å². The van der Waals surface area contributed by atoms with Gasteiger partial charge in [-0.05, 0) is 39.0 Å². The zero-order valence-electron chi connectivity index (χ0n) is 12.1. The predicted octanol–water partition coefficient (Wildman–Crippen LogP) is 2.47. The molecule has 0 unspecified atom stereocenters. The number of amides is 1. The molecule has 6 heteroatoms. The Labute approximate surface area is 126 Å². The number of benzene rings is 1. The molecule has 2 aromatic rings. The third-order valence-electron chi connectivity index (χ3n) is 2.37. The molecule has 0 saturated heterocycles.